The van der Waals surface area contributed by atoms with Crippen LogP contribution in [0.5, 0.6) is 5.75 Å². The van der Waals surface area contributed by atoms with Crippen LogP contribution >= 0.6 is 0 Å². The van der Waals surface area contributed by atoms with Gasteiger partial charge in [0, 0.05) is 19.4 Å². The van der Waals surface area contributed by atoms with E-state index in [2.05, 4.69) is 16.6 Å². The van der Waals surface area contributed by atoms with E-state index in [9.17, 15) is 8.42 Å². The van der Waals surface area contributed by atoms with Crippen molar-refractivity contribution in [1.29, 1.82) is 0 Å². The van der Waals surface area contributed by atoms with Crippen molar-refractivity contribution in [2.75, 3.05) is 7.11 Å². The summed E-state index contributed by atoms with van der Waals surface area (Å²) in [5.74, 6) is 1.25. The molecule has 0 spiro atoms. The van der Waals surface area contributed by atoms with Gasteiger partial charge in [0.1, 0.15) is 17.6 Å². The number of imidazole rings is 1. The van der Waals surface area contributed by atoms with Crippen LogP contribution in [0.3, 0.4) is 0 Å². The summed E-state index contributed by atoms with van der Waals surface area (Å²) >= 11 is 0. The molecule has 0 aliphatic rings. The maximum atomic E-state index is 13.1. The van der Waals surface area contributed by atoms with Crippen LogP contribution in [0, 0.1) is 0 Å². The Hall–Kier alpha value is -2.64. The van der Waals surface area contributed by atoms with Gasteiger partial charge in [0.15, 0.2) is 0 Å². The number of ether oxygens (including phenoxy) is 1. The molecule has 3 rings (SSSR count). The SMILES string of the molecule is CCCc1ccc(S(=O)(=O)NC(c2cccc(OC)c2)c2nccn2C)cc1. The van der Waals surface area contributed by atoms with Gasteiger partial charge >= 0.3 is 0 Å². The zero-order valence-corrected chi connectivity index (χ0v) is 17.1. The maximum absolute atomic E-state index is 13.1. The molecule has 1 atom stereocenters. The van der Waals surface area contributed by atoms with Gasteiger partial charge in [-0.15, -0.1) is 0 Å². The van der Waals surface area contributed by atoms with Gasteiger partial charge in [-0.1, -0.05) is 37.6 Å². The van der Waals surface area contributed by atoms with E-state index >= 15 is 0 Å². The Kier molecular flexibility index (Phi) is 6.16. The standard InChI is InChI=1S/C21H25N3O3S/c1-4-6-16-9-11-19(12-10-16)28(25,26)23-20(21-22-13-14-24(21)2)17-7-5-8-18(15-17)27-3/h5,7-15,20,23H,4,6H2,1-3H3. The summed E-state index contributed by atoms with van der Waals surface area (Å²) < 4.78 is 36.0. The van der Waals surface area contributed by atoms with Crippen LogP contribution < -0.4 is 9.46 Å². The lowest BCUT2D eigenvalue weighted by molar-refractivity contribution is 0.413. The van der Waals surface area contributed by atoms with E-state index in [4.69, 9.17) is 4.74 Å². The number of sulfonamides is 1. The van der Waals surface area contributed by atoms with Crippen molar-refractivity contribution >= 4 is 10.0 Å². The highest BCUT2D eigenvalue weighted by molar-refractivity contribution is 7.89. The molecule has 1 heterocycles. The quantitative estimate of drug-likeness (QED) is 0.630. The van der Waals surface area contributed by atoms with Crippen molar-refractivity contribution in [3.8, 4) is 5.75 Å². The molecule has 0 radical (unpaired) electrons. The summed E-state index contributed by atoms with van der Waals surface area (Å²) in [7, 11) is -0.329. The lowest BCUT2D eigenvalue weighted by Crippen LogP contribution is -2.31. The van der Waals surface area contributed by atoms with Crippen LogP contribution in [0.15, 0.2) is 65.8 Å². The van der Waals surface area contributed by atoms with E-state index in [0.717, 1.165) is 24.0 Å². The van der Waals surface area contributed by atoms with E-state index < -0.39 is 16.1 Å². The highest BCUT2D eigenvalue weighted by Crippen LogP contribution is 2.26. The third kappa shape index (κ3) is 4.43. The average molecular weight is 400 g/mol. The van der Waals surface area contributed by atoms with Gasteiger partial charge in [0.25, 0.3) is 0 Å². The first kappa shape index (κ1) is 20.1. The fraction of sp³-hybridized carbons (Fsp3) is 0.286. The second-order valence-electron chi connectivity index (χ2n) is 6.62. The second kappa shape index (κ2) is 8.58. The summed E-state index contributed by atoms with van der Waals surface area (Å²) in [6, 6.07) is 13.7. The molecule has 3 aromatic rings. The lowest BCUT2D eigenvalue weighted by atomic mass is 10.1. The number of methoxy groups -OCH3 is 1. The minimum atomic E-state index is -3.75. The summed E-state index contributed by atoms with van der Waals surface area (Å²) in [4.78, 5) is 4.59. The first-order valence-corrected chi connectivity index (χ1v) is 10.7. The van der Waals surface area contributed by atoms with Crippen molar-refractivity contribution in [3.63, 3.8) is 0 Å². The molecular weight excluding hydrogens is 374 g/mol. The molecule has 1 unspecified atom stereocenters. The monoisotopic (exact) mass is 399 g/mol. The molecule has 0 amide bonds. The topological polar surface area (TPSA) is 73.2 Å². The highest BCUT2D eigenvalue weighted by atomic mass is 32.2. The summed E-state index contributed by atoms with van der Waals surface area (Å²) in [6.45, 7) is 2.10. The molecule has 0 bridgehead atoms. The molecule has 148 valence electrons. The normalized spacial score (nSPS) is 12.7. The Bertz CT molecular complexity index is 1030. The van der Waals surface area contributed by atoms with Crippen LogP contribution in [-0.2, 0) is 23.5 Å². The molecule has 1 N–H and O–H groups in total. The van der Waals surface area contributed by atoms with E-state index in [1.165, 1.54) is 0 Å². The minimum absolute atomic E-state index is 0.231. The van der Waals surface area contributed by atoms with E-state index in [0.29, 0.717) is 11.6 Å². The van der Waals surface area contributed by atoms with Crippen molar-refractivity contribution in [2.45, 2.75) is 30.7 Å². The Morgan fingerprint density at radius 3 is 2.54 bits per heavy atom. The maximum Gasteiger partial charge on any atom is 0.241 e. The van der Waals surface area contributed by atoms with Gasteiger partial charge in [-0.25, -0.2) is 13.4 Å². The third-order valence-electron chi connectivity index (χ3n) is 4.59. The average Bonchev–Trinajstić information content (AvgIpc) is 3.12. The van der Waals surface area contributed by atoms with E-state index in [1.807, 2.05) is 43.4 Å². The Labute approximate surface area is 166 Å². The number of nitrogens with one attached hydrogen (secondary N) is 1. The molecule has 6 nitrogen and oxygen atoms in total. The summed E-state index contributed by atoms with van der Waals surface area (Å²) in [6.07, 6.45) is 5.38. The van der Waals surface area contributed by atoms with Crippen molar-refractivity contribution in [2.24, 2.45) is 7.05 Å². The first-order chi connectivity index (χ1) is 13.4. The van der Waals surface area contributed by atoms with Gasteiger partial charge < -0.3 is 9.30 Å². The molecule has 7 heteroatoms. The number of rotatable bonds is 8. The lowest BCUT2D eigenvalue weighted by Gasteiger charge is -2.20. The Balaban J connectivity index is 1.97. The summed E-state index contributed by atoms with van der Waals surface area (Å²) in [5.41, 5.74) is 1.87. The molecule has 0 aliphatic carbocycles. The predicted octanol–water partition coefficient (Wildman–Crippen LogP) is 3.45. The highest BCUT2D eigenvalue weighted by Gasteiger charge is 2.26. The summed E-state index contributed by atoms with van der Waals surface area (Å²) in [5, 5.41) is 0. The van der Waals surface area contributed by atoms with Crippen LogP contribution in [0.2, 0.25) is 0 Å². The molecular formula is C21H25N3O3S. The minimum Gasteiger partial charge on any atom is -0.497 e. The van der Waals surface area contributed by atoms with Crippen molar-refractivity contribution in [1.82, 2.24) is 14.3 Å². The van der Waals surface area contributed by atoms with Crippen LogP contribution in [-0.4, -0.2) is 25.1 Å². The number of aryl methyl sites for hydroxylation is 2. The van der Waals surface area contributed by atoms with Crippen LogP contribution in [0.25, 0.3) is 0 Å². The molecule has 28 heavy (non-hydrogen) atoms. The molecule has 0 fully saturated rings. The van der Waals surface area contributed by atoms with Crippen molar-refractivity contribution < 1.29 is 13.2 Å². The second-order valence-corrected chi connectivity index (χ2v) is 8.34. The van der Waals surface area contributed by atoms with E-state index in [1.54, 1.807) is 36.2 Å². The van der Waals surface area contributed by atoms with E-state index in [-0.39, 0.29) is 4.90 Å². The molecule has 1 aromatic heterocycles. The third-order valence-corrected chi connectivity index (χ3v) is 6.03. The molecule has 0 saturated carbocycles. The zero-order valence-electron chi connectivity index (χ0n) is 16.3. The number of benzene rings is 2. The smallest absolute Gasteiger partial charge is 0.241 e. The number of aromatic nitrogens is 2. The molecule has 2 aromatic carbocycles. The first-order valence-electron chi connectivity index (χ1n) is 9.17. The van der Waals surface area contributed by atoms with Crippen LogP contribution in [0.1, 0.15) is 36.3 Å². The van der Waals surface area contributed by atoms with Gasteiger partial charge in [-0.2, -0.15) is 4.72 Å². The number of hydrogen-bond acceptors (Lipinski definition) is 4. The van der Waals surface area contributed by atoms with Gasteiger partial charge in [-0.05, 0) is 41.8 Å². The fourth-order valence-electron chi connectivity index (χ4n) is 3.09. The largest absolute Gasteiger partial charge is 0.497 e. The van der Waals surface area contributed by atoms with Crippen LogP contribution in [0.4, 0.5) is 0 Å². The molecule has 0 saturated heterocycles. The molecule has 0 aliphatic heterocycles. The van der Waals surface area contributed by atoms with Gasteiger partial charge in [-0.3, -0.25) is 0 Å². The predicted molar refractivity (Wildman–Crippen MR) is 109 cm³/mol. The zero-order chi connectivity index (χ0) is 20.1. The fourth-order valence-corrected chi connectivity index (χ4v) is 4.28. The van der Waals surface area contributed by atoms with Gasteiger partial charge in [0.05, 0.1) is 12.0 Å². The van der Waals surface area contributed by atoms with Crippen molar-refractivity contribution in [3.05, 3.63) is 77.9 Å². The number of hydrogen-bond donors (Lipinski definition) is 1. The Morgan fingerprint density at radius 1 is 1.18 bits per heavy atom. The Morgan fingerprint density at radius 2 is 1.93 bits per heavy atom. The van der Waals surface area contributed by atoms with Gasteiger partial charge in [0.2, 0.25) is 10.0 Å². The number of nitrogens with zero attached hydrogens (tertiary/aromatic N) is 2.